The van der Waals surface area contributed by atoms with Gasteiger partial charge in [0.1, 0.15) is 17.2 Å². The highest BCUT2D eigenvalue weighted by atomic mass is 16.6. The van der Waals surface area contributed by atoms with Crippen LogP contribution < -0.4 is 5.32 Å². The quantitative estimate of drug-likeness (QED) is 0.741. The molecule has 0 radical (unpaired) electrons. The summed E-state index contributed by atoms with van der Waals surface area (Å²) in [6.07, 6.45) is -0.477. The lowest BCUT2D eigenvalue weighted by Crippen LogP contribution is -2.58. The van der Waals surface area contributed by atoms with Crippen LogP contribution in [0, 0.1) is 0 Å². The first kappa shape index (κ1) is 16.8. The standard InChI is InChI=1S/C14H26N2O4/c1-13(2,3)19-11(17)10-9-15-7-8-16(10)12(18)20-14(4,5)6/h10,15H,7-9H2,1-6H3. The van der Waals surface area contributed by atoms with E-state index in [1.165, 1.54) is 4.90 Å². The fourth-order valence-electron chi connectivity index (χ4n) is 1.82. The first-order chi connectivity index (χ1) is 8.99. The zero-order chi connectivity index (χ0) is 15.6. The van der Waals surface area contributed by atoms with Crippen LogP contribution in [0.3, 0.4) is 0 Å². The minimum Gasteiger partial charge on any atom is -0.458 e. The summed E-state index contributed by atoms with van der Waals surface area (Å²) in [6.45, 7) is 12.3. The van der Waals surface area contributed by atoms with Crippen molar-refractivity contribution in [3.05, 3.63) is 0 Å². The van der Waals surface area contributed by atoms with Crippen LogP contribution in [0.1, 0.15) is 41.5 Å². The number of ether oxygens (including phenoxy) is 2. The largest absolute Gasteiger partial charge is 0.458 e. The van der Waals surface area contributed by atoms with E-state index >= 15 is 0 Å². The number of nitrogens with zero attached hydrogens (tertiary/aromatic N) is 1. The molecule has 1 unspecified atom stereocenters. The number of hydrogen-bond donors (Lipinski definition) is 1. The molecule has 1 N–H and O–H groups in total. The van der Waals surface area contributed by atoms with Crippen molar-refractivity contribution in [2.75, 3.05) is 19.6 Å². The van der Waals surface area contributed by atoms with Crippen molar-refractivity contribution in [3.8, 4) is 0 Å². The molecule has 0 saturated carbocycles. The van der Waals surface area contributed by atoms with Gasteiger partial charge >= 0.3 is 12.1 Å². The van der Waals surface area contributed by atoms with E-state index in [1.807, 2.05) is 0 Å². The molecule has 0 aliphatic carbocycles. The zero-order valence-electron chi connectivity index (χ0n) is 13.3. The van der Waals surface area contributed by atoms with Crippen LogP contribution >= 0.6 is 0 Å². The van der Waals surface area contributed by atoms with Crippen molar-refractivity contribution in [2.24, 2.45) is 0 Å². The van der Waals surface area contributed by atoms with E-state index in [4.69, 9.17) is 9.47 Å². The molecule has 1 saturated heterocycles. The topological polar surface area (TPSA) is 67.9 Å². The van der Waals surface area contributed by atoms with Gasteiger partial charge in [-0.05, 0) is 41.5 Å². The number of carbonyl (C=O) groups is 2. The molecule has 1 heterocycles. The summed E-state index contributed by atoms with van der Waals surface area (Å²) < 4.78 is 10.7. The Morgan fingerprint density at radius 2 is 1.60 bits per heavy atom. The molecule has 1 amide bonds. The molecule has 1 atom stereocenters. The van der Waals surface area contributed by atoms with E-state index in [-0.39, 0.29) is 0 Å². The van der Waals surface area contributed by atoms with Crippen LogP contribution in [-0.4, -0.2) is 53.8 Å². The Bertz CT molecular complexity index is 332. The SMILES string of the molecule is CC(C)(C)OC(=O)C1CNCCN1C(=O)OC(C)(C)C. The van der Waals surface area contributed by atoms with Gasteiger partial charge in [0.2, 0.25) is 0 Å². The predicted molar refractivity (Wildman–Crippen MR) is 75.4 cm³/mol. The average molecular weight is 286 g/mol. The molecule has 1 aliphatic rings. The molecule has 1 aliphatic heterocycles. The summed E-state index contributed by atoms with van der Waals surface area (Å²) in [7, 11) is 0. The van der Waals surface area contributed by atoms with Gasteiger partial charge in [-0.25, -0.2) is 9.59 Å². The van der Waals surface area contributed by atoms with Crippen LogP contribution in [0.25, 0.3) is 0 Å². The number of hydrogen-bond acceptors (Lipinski definition) is 5. The van der Waals surface area contributed by atoms with Crippen LogP contribution in [0.15, 0.2) is 0 Å². The summed E-state index contributed by atoms with van der Waals surface area (Å²) in [5, 5.41) is 3.10. The lowest BCUT2D eigenvalue weighted by molar-refractivity contribution is -0.161. The number of esters is 1. The summed E-state index contributed by atoms with van der Waals surface area (Å²) in [5.74, 6) is -0.407. The van der Waals surface area contributed by atoms with Crippen molar-refractivity contribution < 1.29 is 19.1 Å². The van der Waals surface area contributed by atoms with Crippen molar-refractivity contribution in [1.82, 2.24) is 10.2 Å². The molecule has 116 valence electrons. The molecule has 6 nitrogen and oxygen atoms in total. The molecule has 0 aromatic rings. The first-order valence-electron chi connectivity index (χ1n) is 6.93. The minimum atomic E-state index is -0.641. The van der Waals surface area contributed by atoms with E-state index in [2.05, 4.69) is 5.32 Å². The number of piperazine rings is 1. The first-order valence-corrected chi connectivity index (χ1v) is 6.93. The van der Waals surface area contributed by atoms with Gasteiger partial charge in [-0.1, -0.05) is 0 Å². The highest BCUT2D eigenvalue weighted by Crippen LogP contribution is 2.16. The highest BCUT2D eigenvalue weighted by molar-refractivity contribution is 5.82. The van der Waals surface area contributed by atoms with Gasteiger partial charge in [0.05, 0.1) is 0 Å². The van der Waals surface area contributed by atoms with E-state index in [0.717, 1.165) is 0 Å². The van der Waals surface area contributed by atoms with E-state index in [0.29, 0.717) is 19.6 Å². The van der Waals surface area contributed by atoms with Gasteiger partial charge in [-0.15, -0.1) is 0 Å². The molecular formula is C14H26N2O4. The number of amides is 1. The highest BCUT2D eigenvalue weighted by Gasteiger charge is 2.37. The third kappa shape index (κ3) is 5.36. The summed E-state index contributed by atoms with van der Waals surface area (Å²) in [4.78, 5) is 25.8. The number of nitrogens with one attached hydrogen (secondary N) is 1. The molecule has 0 aromatic carbocycles. The van der Waals surface area contributed by atoms with E-state index in [9.17, 15) is 9.59 Å². The van der Waals surface area contributed by atoms with Crippen LogP contribution in [0.5, 0.6) is 0 Å². The Morgan fingerprint density at radius 3 is 2.10 bits per heavy atom. The van der Waals surface area contributed by atoms with Crippen molar-refractivity contribution in [3.63, 3.8) is 0 Å². The Balaban J connectivity index is 2.76. The zero-order valence-corrected chi connectivity index (χ0v) is 13.3. The molecule has 1 fully saturated rings. The molecular weight excluding hydrogens is 260 g/mol. The lowest BCUT2D eigenvalue weighted by Gasteiger charge is -2.36. The fraction of sp³-hybridized carbons (Fsp3) is 0.857. The maximum atomic E-state index is 12.2. The second-order valence-corrected chi connectivity index (χ2v) is 6.93. The molecule has 20 heavy (non-hydrogen) atoms. The Kier molecular flexibility index (Phi) is 5.02. The molecule has 1 rings (SSSR count). The minimum absolute atomic E-state index is 0.383. The number of rotatable bonds is 1. The Hall–Kier alpha value is -1.30. The maximum absolute atomic E-state index is 12.2. The second kappa shape index (κ2) is 5.99. The lowest BCUT2D eigenvalue weighted by atomic mass is 10.1. The van der Waals surface area contributed by atoms with Crippen LogP contribution in [0.2, 0.25) is 0 Å². The smallest absolute Gasteiger partial charge is 0.411 e. The Labute approximate surface area is 120 Å². The van der Waals surface area contributed by atoms with Crippen molar-refractivity contribution >= 4 is 12.1 Å². The predicted octanol–water partition coefficient (Wildman–Crippen LogP) is 1.54. The summed E-state index contributed by atoms with van der Waals surface area (Å²) in [6, 6.07) is -0.641. The van der Waals surface area contributed by atoms with Gasteiger partial charge in [0.25, 0.3) is 0 Å². The normalized spacial score (nSPS) is 20.5. The third-order valence-electron chi connectivity index (χ3n) is 2.55. The summed E-state index contributed by atoms with van der Waals surface area (Å²) >= 11 is 0. The molecule has 0 spiro atoms. The second-order valence-electron chi connectivity index (χ2n) is 6.93. The van der Waals surface area contributed by atoms with Crippen molar-refractivity contribution in [1.29, 1.82) is 0 Å². The van der Waals surface area contributed by atoms with Crippen LogP contribution in [0.4, 0.5) is 4.79 Å². The van der Waals surface area contributed by atoms with Gasteiger partial charge in [0, 0.05) is 19.6 Å². The Morgan fingerprint density at radius 1 is 1.05 bits per heavy atom. The van der Waals surface area contributed by atoms with Gasteiger partial charge in [-0.2, -0.15) is 0 Å². The molecule has 6 heteroatoms. The van der Waals surface area contributed by atoms with E-state index < -0.39 is 29.3 Å². The summed E-state index contributed by atoms with van der Waals surface area (Å²) in [5.41, 5.74) is -1.16. The maximum Gasteiger partial charge on any atom is 0.411 e. The number of carbonyl (C=O) groups excluding carboxylic acids is 2. The van der Waals surface area contributed by atoms with Gasteiger partial charge in [-0.3, -0.25) is 4.90 Å². The van der Waals surface area contributed by atoms with E-state index in [1.54, 1.807) is 41.5 Å². The average Bonchev–Trinajstić information content (AvgIpc) is 2.24. The van der Waals surface area contributed by atoms with Crippen molar-refractivity contribution in [2.45, 2.75) is 58.8 Å². The van der Waals surface area contributed by atoms with Gasteiger partial charge in [0.15, 0.2) is 0 Å². The molecule has 0 bridgehead atoms. The molecule has 0 aromatic heterocycles. The van der Waals surface area contributed by atoms with Gasteiger partial charge < -0.3 is 14.8 Å². The monoisotopic (exact) mass is 286 g/mol. The third-order valence-corrected chi connectivity index (χ3v) is 2.55. The fourth-order valence-corrected chi connectivity index (χ4v) is 1.82. The van der Waals surface area contributed by atoms with Crippen LogP contribution in [-0.2, 0) is 14.3 Å².